The molecule has 6 nitrogen and oxygen atoms in total. The Balaban J connectivity index is 2.20. The molecular formula is C10H6FN3O3S. The van der Waals surface area contributed by atoms with Crippen molar-refractivity contribution in [3.8, 4) is 0 Å². The Morgan fingerprint density at radius 1 is 1.39 bits per heavy atom. The highest BCUT2D eigenvalue weighted by Crippen LogP contribution is 2.16. The largest absolute Gasteiger partial charge is 0.478 e. The van der Waals surface area contributed by atoms with Gasteiger partial charge in [0.25, 0.3) is 5.91 Å². The molecule has 0 radical (unpaired) electrons. The number of hydrogen-bond acceptors (Lipinski definition) is 5. The van der Waals surface area contributed by atoms with Crippen molar-refractivity contribution in [2.45, 2.75) is 0 Å². The zero-order chi connectivity index (χ0) is 13.1. The molecule has 0 spiro atoms. The maximum absolute atomic E-state index is 13.5. The molecule has 0 atom stereocenters. The van der Waals surface area contributed by atoms with Crippen LogP contribution in [-0.2, 0) is 0 Å². The molecule has 0 saturated heterocycles. The van der Waals surface area contributed by atoms with E-state index in [9.17, 15) is 14.0 Å². The van der Waals surface area contributed by atoms with Gasteiger partial charge < -0.3 is 10.4 Å². The van der Waals surface area contributed by atoms with Gasteiger partial charge in [0.2, 0.25) is 0 Å². The Hall–Kier alpha value is -2.35. The van der Waals surface area contributed by atoms with Crippen molar-refractivity contribution in [3.63, 3.8) is 0 Å². The molecule has 0 bridgehead atoms. The van der Waals surface area contributed by atoms with E-state index in [0.29, 0.717) is 0 Å². The fourth-order valence-corrected chi connectivity index (χ4v) is 1.61. The number of hydrogen-bond donors (Lipinski definition) is 2. The second kappa shape index (κ2) is 4.88. The van der Waals surface area contributed by atoms with Gasteiger partial charge in [0.1, 0.15) is 5.82 Å². The molecule has 8 heteroatoms. The van der Waals surface area contributed by atoms with Gasteiger partial charge >= 0.3 is 5.97 Å². The minimum absolute atomic E-state index is 0.0710. The first-order valence-electron chi connectivity index (χ1n) is 4.69. The summed E-state index contributed by atoms with van der Waals surface area (Å²) >= 11 is 0.857. The van der Waals surface area contributed by atoms with Crippen LogP contribution in [0.2, 0.25) is 0 Å². The third-order valence-corrected chi connectivity index (χ3v) is 2.54. The predicted octanol–water partition coefficient (Wildman–Crippen LogP) is 1.63. The Kier molecular flexibility index (Phi) is 3.28. The van der Waals surface area contributed by atoms with Crippen molar-refractivity contribution < 1.29 is 19.1 Å². The zero-order valence-corrected chi connectivity index (χ0v) is 9.57. The number of rotatable bonds is 3. The molecule has 1 amide bonds. The normalized spacial score (nSPS) is 10.1. The van der Waals surface area contributed by atoms with Gasteiger partial charge in [-0.25, -0.2) is 9.18 Å². The molecule has 2 N–H and O–H groups in total. The molecule has 0 unspecified atom stereocenters. The first-order chi connectivity index (χ1) is 8.58. The van der Waals surface area contributed by atoms with Crippen molar-refractivity contribution in [1.29, 1.82) is 0 Å². The number of carboxylic acids is 1. The third-order valence-electron chi connectivity index (χ3n) is 2.06. The topological polar surface area (TPSA) is 92.2 Å². The summed E-state index contributed by atoms with van der Waals surface area (Å²) in [4.78, 5) is 22.2. The van der Waals surface area contributed by atoms with Crippen LogP contribution in [0.4, 0.5) is 10.1 Å². The van der Waals surface area contributed by atoms with Crippen LogP contribution in [0.15, 0.2) is 24.4 Å². The molecule has 2 rings (SSSR count). The van der Waals surface area contributed by atoms with Crippen molar-refractivity contribution in [2.24, 2.45) is 0 Å². The zero-order valence-electron chi connectivity index (χ0n) is 8.75. The lowest BCUT2D eigenvalue weighted by Crippen LogP contribution is -2.13. The molecule has 1 aromatic heterocycles. The third kappa shape index (κ3) is 2.48. The summed E-state index contributed by atoms with van der Waals surface area (Å²) in [5.74, 6) is -2.67. The number of nitrogens with zero attached hydrogens (tertiary/aromatic N) is 2. The number of carbonyl (C=O) groups is 2. The van der Waals surface area contributed by atoms with Crippen LogP contribution in [0.5, 0.6) is 0 Å². The van der Waals surface area contributed by atoms with Crippen molar-refractivity contribution in [1.82, 2.24) is 8.75 Å². The van der Waals surface area contributed by atoms with Crippen LogP contribution in [0.3, 0.4) is 0 Å². The van der Waals surface area contributed by atoms with Gasteiger partial charge in [0, 0.05) is 0 Å². The number of amides is 1. The monoisotopic (exact) mass is 267 g/mol. The minimum atomic E-state index is -1.24. The minimum Gasteiger partial charge on any atom is -0.478 e. The average molecular weight is 267 g/mol. The van der Waals surface area contributed by atoms with Crippen LogP contribution < -0.4 is 5.32 Å². The second-order valence-electron chi connectivity index (χ2n) is 3.25. The molecule has 0 aliphatic heterocycles. The van der Waals surface area contributed by atoms with Crippen LogP contribution in [0, 0.1) is 5.82 Å². The van der Waals surface area contributed by atoms with Gasteiger partial charge in [-0.3, -0.25) is 4.79 Å². The summed E-state index contributed by atoms with van der Waals surface area (Å²) in [6.07, 6.45) is 1.25. The van der Waals surface area contributed by atoms with E-state index in [0.717, 1.165) is 17.8 Å². The highest BCUT2D eigenvalue weighted by atomic mass is 32.1. The molecule has 1 heterocycles. The van der Waals surface area contributed by atoms with E-state index >= 15 is 0 Å². The van der Waals surface area contributed by atoms with Crippen LogP contribution in [0.25, 0.3) is 0 Å². The average Bonchev–Trinajstić information content (AvgIpc) is 2.85. The number of benzene rings is 1. The van der Waals surface area contributed by atoms with Crippen LogP contribution >= 0.6 is 11.7 Å². The molecule has 0 fully saturated rings. The number of aromatic nitrogens is 2. The van der Waals surface area contributed by atoms with Crippen LogP contribution in [-0.4, -0.2) is 25.7 Å². The van der Waals surface area contributed by atoms with Gasteiger partial charge in [0.15, 0.2) is 5.69 Å². The van der Waals surface area contributed by atoms with Crippen LogP contribution in [0.1, 0.15) is 20.8 Å². The SMILES string of the molecule is O=C(O)c1ccc(NC(=O)c2cnsn2)c(F)c1. The first kappa shape index (κ1) is 12.1. The fourth-order valence-electron chi connectivity index (χ4n) is 1.20. The second-order valence-corrected chi connectivity index (χ2v) is 3.80. The van der Waals surface area contributed by atoms with Gasteiger partial charge in [-0.05, 0) is 18.2 Å². The lowest BCUT2D eigenvalue weighted by molar-refractivity contribution is 0.0696. The van der Waals surface area contributed by atoms with Gasteiger partial charge in [-0.15, -0.1) is 0 Å². The van der Waals surface area contributed by atoms with E-state index in [1.54, 1.807) is 0 Å². The van der Waals surface area contributed by atoms with Gasteiger partial charge in [-0.2, -0.15) is 8.75 Å². The number of nitrogens with one attached hydrogen (secondary N) is 1. The molecule has 2 aromatic rings. The highest BCUT2D eigenvalue weighted by Gasteiger charge is 2.13. The Bertz CT molecular complexity index is 600. The fraction of sp³-hybridized carbons (Fsp3) is 0. The standard InChI is InChI=1S/C10H6FN3O3S/c11-6-3-5(10(16)17)1-2-7(6)13-9(15)8-4-12-18-14-8/h1-4H,(H,13,15)(H,16,17). The number of carboxylic acid groups (broad SMARTS) is 1. The number of aromatic carboxylic acids is 1. The molecule has 92 valence electrons. The Labute approximate surface area is 104 Å². The molecular weight excluding hydrogens is 261 g/mol. The van der Waals surface area contributed by atoms with Gasteiger partial charge in [0.05, 0.1) is 29.2 Å². The smallest absolute Gasteiger partial charge is 0.335 e. The molecule has 18 heavy (non-hydrogen) atoms. The molecule has 0 aliphatic rings. The van der Waals surface area contributed by atoms with Crippen molar-refractivity contribution >= 4 is 29.3 Å². The summed E-state index contributed by atoms with van der Waals surface area (Å²) in [5.41, 5.74) is -0.236. The maximum atomic E-state index is 13.5. The Morgan fingerprint density at radius 2 is 2.17 bits per heavy atom. The lowest BCUT2D eigenvalue weighted by Gasteiger charge is -2.05. The number of carbonyl (C=O) groups excluding carboxylic acids is 1. The molecule has 0 saturated carbocycles. The first-order valence-corrected chi connectivity index (χ1v) is 5.42. The molecule has 0 aliphatic carbocycles. The van der Waals surface area contributed by atoms with E-state index in [-0.39, 0.29) is 16.9 Å². The predicted molar refractivity (Wildman–Crippen MR) is 61.2 cm³/mol. The highest BCUT2D eigenvalue weighted by molar-refractivity contribution is 6.99. The van der Waals surface area contributed by atoms with E-state index in [1.165, 1.54) is 18.3 Å². The molecule has 1 aromatic carbocycles. The number of halogens is 1. The van der Waals surface area contributed by atoms with E-state index in [4.69, 9.17) is 5.11 Å². The summed E-state index contributed by atoms with van der Waals surface area (Å²) in [6.45, 7) is 0. The van der Waals surface area contributed by atoms with E-state index in [2.05, 4.69) is 14.1 Å². The van der Waals surface area contributed by atoms with E-state index in [1.807, 2.05) is 0 Å². The summed E-state index contributed by atoms with van der Waals surface area (Å²) in [7, 11) is 0. The van der Waals surface area contributed by atoms with Crippen molar-refractivity contribution in [3.05, 3.63) is 41.5 Å². The summed E-state index contributed by atoms with van der Waals surface area (Å²) in [5, 5.41) is 10.9. The quantitative estimate of drug-likeness (QED) is 0.881. The van der Waals surface area contributed by atoms with Gasteiger partial charge in [-0.1, -0.05) is 0 Å². The summed E-state index contributed by atoms with van der Waals surface area (Å²) < 4.78 is 20.8. The summed E-state index contributed by atoms with van der Waals surface area (Å²) in [6, 6.07) is 3.20. The van der Waals surface area contributed by atoms with Crippen molar-refractivity contribution in [2.75, 3.05) is 5.32 Å². The lowest BCUT2D eigenvalue weighted by atomic mass is 10.2. The maximum Gasteiger partial charge on any atom is 0.335 e. The van der Waals surface area contributed by atoms with E-state index < -0.39 is 17.7 Å². The number of anilines is 1. The Morgan fingerprint density at radius 3 is 2.72 bits per heavy atom.